The van der Waals surface area contributed by atoms with Crippen molar-refractivity contribution in [3.63, 3.8) is 0 Å². The third kappa shape index (κ3) is 3.97. The Kier molecular flexibility index (Phi) is 6.08. The zero-order valence-corrected chi connectivity index (χ0v) is 16.4. The van der Waals surface area contributed by atoms with Gasteiger partial charge in [0.05, 0.1) is 11.8 Å². The quantitative estimate of drug-likeness (QED) is 0.694. The minimum Gasteiger partial charge on any atom is -0.472 e. The number of piperidine rings is 1. The number of carbonyl (C=O) groups is 1. The Morgan fingerprint density at radius 1 is 1.22 bits per heavy atom. The molecule has 2 aromatic rings. The van der Waals surface area contributed by atoms with Crippen molar-refractivity contribution >= 4 is 24.0 Å². The van der Waals surface area contributed by atoms with Crippen molar-refractivity contribution in [2.45, 2.75) is 31.7 Å². The fraction of sp³-hybridized carbons (Fsp3) is 0.409. The molecule has 2 aliphatic rings. The van der Waals surface area contributed by atoms with Crippen molar-refractivity contribution in [1.82, 2.24) is 4.90 Å². The number of furan rings is 1. The van der Waals surface area contributed by atoms with Gasteiger partial charge in [0.2, 0.25) is 0 Å². The SMILES string of the molecule is C=CCN1CCC2(CC1)CC(N(C(=O)c1ccoc1)c1ccccc1)C2.Cl. The molecule has 1 aromatic heterocycles. The highest BCUT2D eigenvalue weighted by molar-refractivity contribution is 6.06. The van der Waals surface area contributed by atoms with E-state index in [0.29, 0.717) is 11.0 Å². The normalized spacial score (nSPS) is 19.1. The Hall–Kier alpha value is -2.04. The Morgan fingerprint density at radius 2 is 1.93 bits per heavy atom. The second-order valence-corrected chi connectivity index (χ2v) is 7.67. The number of halogens is 1. The van der Waals surface area contributed by atoms with Gasteiger partial charge in [-0.1, -0.05) is 24.3 Å². The smallest absolute Gasteiger partial charge is 0.261 e. The molecule has 1 aromatic carbocycles. The lowest BCUT2D eigenvalue weighted by Gasteiger charge is -2.55. The van der Waals surface area contributed by atoms with Crippen LogP contribution in [0.4, 0.5) is 5.69 Å². The standard InChI is InChI=1S/C22H26N2O2.ClH/c1-2-11-23-12-9-22(10-13-23)15-20(16-22)24(19-6-4-3-5-7-19)21(25)18-8-14-26-17-18;/h2-8,14,17,20H,1,9-13,15-16H2;1H. The molecular weight excluding hydrogens is 360 g/mol. The molecule has 0 N–H and O–H groups in total. The lowest BCUT2D eigenvalue weighted by atomic mass is 9.60. The maximum absolute atomic E-state index is 13.1. The first-order chi connectivity index (χ1) is 12.7. The first-order valence-electron chi connectivity index (χ1n) is 9.45. The van der Waals surface area contributed by atoms with Crippen LogP contribution >= 0.6 is 12.4 Å². The van der Waals surface area contributed by atoms with Crippen LogP contribution in [0.3, 0.4) is 0 Å². The van der Waals surface area contributed by atoms with Gasteiger partial charge in [0.15, 0.2) is 0 Å². The number of likely N-dealkylation sites (tertiary alicyclic amines) is 1. The number of benzene rings is 1. The van der Waals surface area contributed by atoms with Crippen molar-refractivity contribution in [2.75, 3.05) is 24.5 Å². The summed E-state index contributed by atoms with van der Waals surface area (Å²) in [5.74, 6) is 0.0360. The molecule has 5 heteroatoms. The molecule has 0 bridgehead atoms. The molecule has 144 valence electrons. The van der Waals surface area contributed by atoms with Crippen LogP contribution in [0, 0.1) is 5.41 Å². The van der Waals surface area contributed by atoms with Crippen LogP contribution < -0.4 is 4.90 Å². The van der Waals surface area contributed by atoms with E-state index in [1.807, 2.05) is 41.3 Å². The van der Waals surface area contributed by atoms with Gasteiger partial charge >= 0.3 is 0 Å². The Morgan fingerprint density at radius 3 is 2.52 bits per heavy atom. The molecule has 1 saturated carbocycles. The fourth-order valence-corrected chi connectivity index (χ4v) is 4.53. The number of nitrogens with zero attached hydrogens (tertiary/aromatic N) is 2. The molecule has 0 unspecified atom stereocenters. The van der Waals surface area contributed by atoms with E-state index in [-0.39, 0.29) is 24.4 Å². The number of carbonyl (C=O) groups excluding carboxylic acids is 1. The third-order valence-electron chi connectivity index (χ3n) is 6.03. The zero-order valence-electron chi connectivity index (χ0n) is 15.5. The summed E-state index contributed by atoms with van der Waals surface area (Å²) in [7, 11) is 0. The van der Waals surface area contributed by atoms with Gasteiger partial charge in [-0.25, -0.2) is 0 Å². The molecule has 27 heavy (non-hydrogen) atoms. The highest BCUT2D eigenvalue weighted by Crippen LogP contribution is 2.51. The summed E-state index contributed by atoms with van der Waals surface area (Å²) in [4.78, 5) is 17.5. The number of anilines is 1. The average molecular weight is 387 g/mol. The van der Waals surface area contributed by atoms with E-state index < -0.39 is 0 Å². The minimum atomic E-state index is 0. The van der Waals surface area contributed by atoms with E-state index in [2.05, 4.69) is 11.5 Å². The minimum absolute atomic E-state index is 0. The fourth-order valence-electron chi connectivity index (χ4n) is 4.53. The van der Waals surface area contributed by atoms with Crippen LogP contribution in [0.25, 0.3) is 0 Å². The van der Waals surface area contributed by atoms with Gasteiger partial charge in [-0.05, 0) is 62.4 Å². The number of rotatable bonds is 5. The predicted molar refractivity (Wildman–Crippen MR) is 111 cm³/mol. The number of hydrogen-bond donors (Lipinski definition) is 0. The van der Waals surface area contributed by atoms with Crippen molar-refractivity contribution in [3.05, 3.63) is 67.1 Å². The Bertz CT molecular complexity index is 744. The topological polar surface area (TPSA) is 36.7 Å². The van der Waals surface area contributed by atoms with Gasteiger partial charge in [0.25, 0.3) is 5.91 Å². The van der Waals surface area contributed by atoms with Gasteiger partial charge in [0.1, 0.15) is 6.26 Å². The van der Waals surface area contributed by atoms with Crippen LogP contribution in [-0.2, 0) is 0 Å². The molecule has 4 nitrogen and oxygen atoms in total. The van der Waals surface area contributed by atoms with E-state index in [4.69, 9.17) is 4.42 Å². The lowest BCUT2D eigenvalue weighted by Crippen LogP contribution is -2.56. The van der Waals surface area contributed by atoms with Gasteiger partial charge in [-0.3, -0.25) is 9.69 Å². The van der Waals surface area contributed by atoms with Crippen LogP contribution in [0.5, 0.6) is 0 Å². The summed E-state index contributed by atoms with van der Waals surface area (Å²) >= 11 is 0. The van der Waals surface area contributed by atoms with E-state index in [1.165, 1.54) is 12.8 Å². The van der Waals surface area contributed by atoms with Crippen molar-refractivity contribution < 1.29 is 9.21 Å². The summed E-state index contributed by atoms with van der Waals surface area (Å²) in [6.45, 7) is 7.10. The van der Waals surface area contributed by atoms with Crippen LogP contribution in [0.1, 0.15) is 36.0 Å². The largest absolute Gasteiger partial charge is 0.472 e. The molecule has 1 aliphatic carbocycles. The second kappa shape index (κ2) is 8.32. The summed E-state index contributed by atoms with van der Waals surface area (Å²) < 4.78 is 5.14. The van der Waals surface area contributed by atoms with Gasteiger partial charge in [-0.2, -0.15) is 0 Å². The average Bonchev–Trinajstić information content (AvgIpc) is 3.18. The summed E-state index contributed by atoms with van der Waals surface area (Å²) in [6, 6.07) is 12.0. The summed E-state index contributed by atoms with van der Waals surface area (Å²) in [6.07, 6.45) is 9.72. The lowest BCUT2D eigenvalue weighted by molar-refractivity contribution is 0.0188. The first-order valence-corrected chi connectivity index (χ1v) is 9.45. The highest BCUT2D eigenvalue weighted by Gasteiger charge is 2.49. The van der Waals surface area contributed by atoms with Gasteiger partial charge in [0, 0.05) is 18.3 Å². The second-order valence-electron chi connectivity index (χ2n) is 7.67. The van der Waals surface area contributed by atoms with Gasteiger partial charge in [-0.15, -0.1) is 19.0 Å². The Balaban J connectivity index is 0.00000210. The molecule has 1 spiro atoms. The van der Waals surface area contributed by atoms with E-state index in [9.17, 15) is 4.79 Å². The summed E-state index contributed by atoms with van der Waals surface area (Å²) in [5, 5.41) is 0. The predicted octanol–water partition coefficient (Wildman–Crippen LogP) is 4.78. The van der Waals surface area contributed by atoms with Crippen LogP contribution in [0.15, 0.2) is 66.0 Å². The Labute approximate surface area is 167 Å². The number of amides is 1. The molecule has 1 saturated heterocycles. The van der Waals surface area contributed by atoms with Crippen molar-refractivity contribution in [3.8, 4) is 0 Å². The molecule has 0 radical (unpaired) electrons. The number of para-hydroxylation sites is 1. The molecular formula is C22H27ClN2O2. The van der Waals surface area contributed by atoms with E-state index in [1.54, 1.807) is 18.6 Å². The zero-order chi connectivity index (χ0) is 18.0. The molecule has 0 atom stereocenters. The third-order valence-corrected chi connectivity index (χ3v) is 6.03. The molecule has 1 amide bonds. The van der Waals surface area contributed by atoms with Crippen molar-refractivity contribution in [2.24, 2.45) is 5.41 Å². The van der Waals surface area contributed by atoms with Crippen LogP contribution in [-0.4, -0.2) is 36.5 Å². The van der Waals surface area contributed by atoms with Gasteiger partial charge < -0.3 is 9.32 Å². The monoisotopic (exact) mass is 386 g/mol. The van der Waals surface area contributed by atoms with E-state index in [0.717, 1.165) is 38.2 Å². The summed E-state index contributed by atoms with van der Waals surface area (Å²) in [5.41, 5.74) is 2.00. The van der Waals surface area contributed by atoms with Crippen LogP contribution in [0.2, 0.25) is 0 Å². The van der Waals surface area contributed by atoms with Crippen molar-refractivity contribution in [1.29, 1.82) is 0 Å². The highest BCUT2D eigenvalue weighted by atomic mass is 35.5. The van der Waals surface area contributed by atoms with E-state index >= 15 is 0 Å². The molecule has 2 fully saturated rings. The molecule has 1 aliphatic heterocycles. The molecule has 2 heterocycles. The maximum Gasteiger partial charge on any atom is 0.261 e. The first kappa shape index (κ1) is 19.7. The number of hydrogen-bond acceptors (Lipinski definition) is 3. The molecule has 4 rings (SSSR count). The maximum atomic E-state index is 13.1.